The number of benzene rings is 1. The fourth-order valence-electron chi connectivity index (χ4n) is 6.21. The van der Waals surface area contributed by atoms with Gasteiger partial charge in [0.15, 0.2) is 0 Å². The van der Waals surface area contributed by atoms with Crippen LogP contribution in [0.4, 0.5) is 5.69 Å². The number of nitrogens with zero attached hydrogens (tertiary/aromatic N) is 3. The first-order chi connectivity index (χ1) is 15.6. The first kappa shape index (κ1) is 20.0. The molecule has 0 spiro atoms. The Kier molecular flexibility index (Phi) is 4.86. The summed E-state index contributed by atoms with van der Waals surface area (Å²) in [5, 5.41) is 2.37. The van der Waals surface area contributed by atoms with E-state index < -0.39 is 6.04 Å². The molecule has 0 aromatic heterocycles. The number of hydrogen-bond acceptors (Lipinski definition) is 6. The molecule has 2 saturated heterocycles. The van der Waals surface area contributed by atoms with Gasteiger partial charge in [0.1, 0.15) is 18.4 Å². The van der Waals surface area contributed by atoms with E-state index in [1.165, 1.54) is 32.2 Å². The molecular formula is C24H30N4O4. The summed E-state index contributed by atoms with van der Waals surface area (Å²) in [5.41, 5.74) is 2.63. The number of carbonyl (C=O) groups is 3. The second-order valence-corrected chi connectivity index (χ2v) is 9.95. The van der Waals surface area contributed by atoms with E-state index >= 15 is 0 Å². The Labute approximate surface area is 187 Å². The molecular weight excluding hydrogens is 408 g/mol. The summed E-state index contributed by atoms with van der Waals surface area (Å²) >= 11 is 0. The molecule has 4 aliphatic heterocycles. The molecule has 32 heavy (non-hydrogen) atoms. The molecule has 1 aliphatic carbocycles. The van der Waals surface area contributed by atoms with E-state index in [1.54, 1.807) is 4.90 Å². The number of hydrogen-bond donors (Lipinski definition) is 1. The predicted octanol–water partition coefficient (Wildman–Crippen LogP) is 1.52. The van der Waals surface area contributed by atoms with Gasteiger partial charge >= 0.3 is 0 Å². The smallest absolute Gasteiger partial charge is 0.255 e. The van der Waals surface area contributed by atoms with Gasteiger partial charge in [0, 0.05) is 44.7 Å². The van der Waals surface area contributed by atoms with Crippen LogP contribution in [0.25, 0.3) is 0 Å². The summed E-state index contributed by atoms with van der Waals surface area (Å²) in [5.74, 6) is 0.831. The third-order valence-corrected chi connectivity index (χ3v) is 7.90. The number of fused-ring (bicyclic) bond motifs is 4. The van der Waals surface area contributed by atoms with Gasteiger partial charge < -0.3 is 14.5 Å². The molecule has 2 atom stereocenters. The second kappa shape index (κ2) is 7.76. The van der Waals surface area contributed by atoms with Crippen LogP contribution in [-0.2, 0) is 16.1 Å². The number of piperidine rings is 1. The van der Waals surface area contributed by atoms with Crippen LogP contribution in [0, 0.1) is 5.92 Å². The SMILES string of the molecule is O=C1CCC(N2Cc3cc4c(cc3C2=O)OC[C@H]2CN(CC3CCCC3)CCN42)C(=O)N1. The Hall–Kier alpha value is -2.61. The monoisotopic (exact) mass is 438 g/mol. The van der Waals surface area contributed by atoms with Crippen molar-refractivity contribution in [3.63, 3.8) is 0 Å². The zero-order valence-electron chi connectivity index (χ0n) is 18.3. The number of ether oxygens (including phenoxy) is 1. The van der Waals surface area contributed by atoms with Gasteiger partial charge in [-0.3, -0.25) is 24.6 Å². The zero-order chi connectivity index (χ0) is 21.8. The highest BCUT2D eigenvalue weighted by atomic mass is 16.5. The number of imide groups is 1. The van der Waals surface area contributed by atoms with E-state index in [2.05, 4.69) is 21.2 Å². The van der Waals surface area contributed by atoms with E-state index in [0.717, 1.165) is 42.6 Å². The van der Waals surface area contributed by atoms with Crippen molar-refractivity contribution in [2.45, 2.75) is 57.2 Å². The quantitative estimate of drug-likeness (QED) is 0.721. The van der Waals surface area contributed by atoms with Gasteiger partial charge in [-0.05, 0) is 42.9 Å². The molecule has 1 N–H and O–H groups in total. The first-order valence-corrected chi connectivity index (χ1v) is 12.0. The van der Waals surface area contributed by atoms with Gasteiger partial charge in [-0.1, -0.05) is 12.8 Å². The molecule has 1 aromatic rings. The summed E-state index contributed by atoms with van der Waals surface area (Å²) < 4.78 is 6.14. The molecule has 3 amide bonds. The standard InChI is InChI=1S/C24H30N4O4/c29-22-6-5-19(23(30)25-22)28-12-16-9-20-21(10-18(16)24(28)31)32-14-17-13-26(7-8-27(17)20)11-15-3-1-2-4-15/h9-10,15,17,19H,1-8,11-14H2,(H,25,29,30)/t17-,19?/m1/s1. The van der Waals surface area contributed by atoms with E-state index in [1.807, 2.05) is 6.07 Å². The highest BCUT2D eigenvalue weighted by Crippen LogP contribution is 2.41. The van der Waals surface area contributed by atoms with Crippen molar-refractivity contribution in [2.24, 2.45) is 5.92 Å². The van der Waals surface area contributed by atoms with E-state index in [-0.39, 0.29) is 24.1 Å². The van der Waals surface area contributed by atoms with Crippen molar-refractivity contribution < 1.29 is 19.1 Å². The molecule has 6 rings (SSSR count). The fraction of sp³-hybridized carbons (Fsp3) is 0.625. The van der Waals surface area contributed by atoms with Crippen LogP contribution in [0.15, 0.2) is 12.1 Å². The molecule has 0 bridgehead atoms. The minimum atomic E-state index is -0.586. The average molecular weight is 439 g/mol. The summed E-state index contributed by atoms with van der Waals surface area (Å²) in [6.07, 6.45) is 6.14. The highest BCUT2D eigenvalue weighted by molar-refractivity contribution is 6.05. The van der Waals surface area contributed by atoms with Crippen LogP contribution in [-0.4, -0.2) is 72.4 Å². The van der Waals surface area contributed by atoms with E-state index in [0.29, 0.717) is 31.2 Å². The number of anilines is 1. The number of carbonyl (C=O) groups excluding carboxylic acids is 3. The Morgan fingerprint density at radius 3 is 2.69 bits per heavy atom. The lowest BCUT2D eigenvalue weighted by Gasteiger charge is -2.46. The van der Waals surface area contributed by atoms with E-state index in [4.69, 9.17) is 4.74 Å². The number of piperazine rings is 1. The van der Waals surface area contributed by atoms with Crippen molar-refractivity contribution in [3.8, 4) is 5.75 Å². The molecule has 5 aliphatic rings. The normalized spacial score (nSPS) is 28.3. The summed E-state index contributed by atoms with van der Waals surface area (Å²) in [6.45, 7) is 5.30. The summed E-state index contributed by atoms with van der Waals surface area (Å²) in [4.78, 5) is 43.6. The molecule has 8 heteroatoms. The lowest BCUT2D eigenvalue weighted by Crippen LogP contribution is -2.57. The van der Waals surface area contributed by atoms with Crippen LogP contribution < -0.4 is 15.0 Å². The molecule has 1 unspecified atom stereocenters. The Morgan fingerprint density at radius 2 is 1.88 bits per heavy atom. The molecule has 8 nitrogen and oxygen atoms in total. The largest absolute Gasteiger partial charge is 0.489 e. The van der Waals surface area contributed by atoms with Crippen LogP contribution in [0.3, 0.4) is 0 Å². The van der Waals surface area contributed by atoms with Gasteiger partial charge in [0.05, 0.1) is 11.7 Å². The molecule has 1 saturated carbocycles. The molecule has 3 fully saturated rings. The van der Waals surface area contributed by atoms with Gasteiger partial charge in [0.25, 0.3) is 5.91 Å². The maximum Gasteiger partial charge on any atom is 0.255 e. The lowest BCUT2D eigenvalue weighted by atomic mass is 10.0. The molecule has 1 aromatic carbocycles. The first-order valence-electron chi connectivity index (χ1n) is 12.0. The molecule has 170 valence electrons. The maximum absolute atomic E-state index is 13.1. The van der Waals surface area contributed by atoms with Crippen LogP contribution in [0.1, 0.15) is 54.4 Å². The lowest BCUT2D eigenvalue weighted by molar-refractivity contribution is -0.136. The topological polar surface area (TPSA) is 82.2 Å². The number of amides is 3. The summed E-state index contributed by atoms with van der Waals surface area (Å²) in [6, 6.07) is 3.70. The van der Waals surface area contributed by atoms with Crippen LogP contribution >= 0.6 is 0 Å². The average Bonchev–Trinajstić information content (AvgIpc) is 3.40. The minimum Gasteiger partial charge on any atom is -0.489 e. The van der Waals surface area contributed by atoms with Crippen molar-refractivity contribution in [3.05, 3.63) is 23.3 Å². The van der Waals surface area contributed by atoms with Gasteiger partial charge in [-0.15, -0.1) is 0 Å². The van der Waals surface area contributed by atoms with Crippen molar-refractivity contribution in [2.75, 3.05) is 37.7 Å². The Bertz CT molecular complexity index is 973. The van der Waals surface area contributed by atoms with Gasteiger partial charge in [-0.2, -0.15) is 0 Å². The van der Waals surface area contributed by atoms with Crippen LogP contribution in [0.2, 0.25) is 0 Å². The maximum atomic E-state index is 13.1. The van der Waals surface area contributed by atoms with Gasteiger partial charge in [-0.25, -0.2) is 0 Å². The third kappa shape index (κ3) is 3.36. The molecule has 4 heterocycles. The zero-order valence-corrected chi connectivity index (χ0v) is 18.3. The minimum absolute atomic E-state index is 0.149. The van der Waals surface area contributed by atoms with Crippen molar-refractivity contribution in [1.29, 1.82) is 0 Å². The fourth-order valence-corrected chi connectivity index (χ4v) is 6.21. The van der Waals surface area contributed by atoms with Crippen molar-refractivity contribution >= 4 is 23.4 Å². The third-order valence-electron chi connectivity index (χ3n) is 7.90. The Balaban J connectivity index is 1.19. The summed E-state index contributed by atoms with van der Waals surface area (Å²) in [7, 11) is 0. The number of rotatable bonds is 3. The predicted molar refractivity (Wildman–Crippen MR) is 118 cm³/mol. The molecule has 0 radical (unpaired) electrons. The highest BCUT2D eigenvalue weighted by Gasteiger charge is 2.41. The van der Waals surface area contributed by atoms with E-state index in [9.17, 15) is 14.4 Å². The number of nitrogens with one attached hydrogen (secondary N) is 1. The second-order valence-electron chi connectivity index (χ2n) is 9.95. The van der Waals surface area contributed by atoms with Crippen LogP contribution in [0.5, 0.6) is 5.75 Å². The van der Waals surface area contributed by atoms with Crippen molar-refractivity contribution in [1.82, 2.24) is 15.1 Å². The Morgan fingerprint density at radius 1 is 1.03 bits per heavy atom. The van der Waals surface area contributed by atoms with Gasteiger partial charge in [0.2, 0.25) is 11.8 Å².